The molecule has 0 atom stereocenters. The molecular formula is C15H13ClN2O3. The van der Waals surface area contributed by atoms with Gasteiger partial charge in [0.2, 0.25) is 5.91 Å². The summed E-state index contributed by atoms with van der Waals surface area (Å²) in [6.07, 6.45) is -0.609. The Bertz CT molecular complexity index is 659. The van der Waals surface area contributed by atoms with Crippen molar-refractivity contribution in [3.63, 3.8) is 0 Å². The van der Waals surface area contributed by atoms with Crippen LogP contribution in [-0.4, -0.2) is 12.0 Å². The highest BCUT2D eigenvalue weighted by atomic mass is 35.5. The van der Waals surface area contributed by atoms with E-state index in [4.69, 9.17) is 22.1 Å². The summed E-state index contributed by atoms with van der Waals surface area (Å²) in [5.41, 5.74) is 6.64. The Morgan fingerprint density at radius 1 is 1.14 bits per heavy atom. The number of nitrogens with two attached hydrogens (primary N) is 1. The molecule has 6 heteroatoms. The Morgan fingerprint density at radius 2 is 1.86 bits per heavy atom. The van der Waals surface area contributed by atoms with Crippen LogP contribution in [-0.2, 0) is 11.3 Å². The topological polar surface area (TPSA) is 81.4 Å². The Balaban J connectivity index is 1.94. The van der Waals surface area contributed by atoms with Crippen molar-refractivity contribution in [2.45, 2.75) is 6.61 Å². The van der Waals surface area contributed by atoms with Crippen LogP contribution in [0.15, 0.2) is 48.5 Å². The van der Waals surface area contributed by atoms with Crippen LogP contribution < -0.4 is 11.1 Å². The second kappa shape index (κ2) is 6.76. The number of benzene rings is 2. The zero-order valence-corrected chi connectivity index (χ0v) is 11.8. The van der Waals surface area contributed by atoms with Crippen LogP contribution in [0.1, 0.15) is 15.9 Å². The maximum absolute atomic E-state index is 11.6. The van der Waals surface area contributed by atoms with Gasteiger partial charge in [0.1, 0.15) is 6.61 Å². The number of amides is 2. The van der Waals surface area contributed by atoms with Gasteiger partial charge in [-0.25, -0.2) is 4.79 Å². The summed E-state index contributed by atoms with van der Waals surface area (Å²) in [5.74, 6) is -0.627. The minimum Gasteiger partial charge on any atom is -0.444 e. The molecule has 0 bridgehead atoms. The minimum absolute atomic E-state index is 0.166. The van der Waals surface area contributed by atoms with E-state index in [9.17, 15) is 9.59 Å². The Labute approximate surface area is 126 Å². The second-order valence-corrected chi connectivity index (χ2v) is 4.65. The van der Waals surface area contributed by atoms with Crippen LogP contribution >= 0.6 is 11.6 Å². The molecular weight excluding hydrogens is 292 g/mol. The highest BCUT2D eigenvalue weighted by Gasteiger charge is 2.09. The van der Waals surface area contributed by atoms with E-state index < -0.39 is 12.0 Å². The van der Waals surface area contributed by atoms with E-state index in [1.54, 1.807) is 0 Å². The number of halogens is 1. The maximum Gasteiger partial charge on any atom is 0.411 e. The number of hydrogen-bond acceptors (Lipinski definition) is 3. The largest absolute Gasteiger partial charge is 0.444 e. The van der Waals surface area contributed by atoms with Crippen LogP contribution in [0.2, 0.25) is 5.02 Å². The van der Waals surface area contributed by atoms with Crippen molar-refractivity contribution in [3.8, 4) is 0 Å². The van der Waals surface area contributed by atoms with E-state index >= 15 is 0 Å². The average molecular weight is 305 g/mol. The number of anilines is 1. The van der Waals surface area contributed by atoms with E-state index in [0.717, 1.165) is 5.56 Å². The third kappa shape index (κ3) is 4.22. The van der Waals surface area contributed by atoms with Crippen LogP contribution in [0.5, 0.6) is 0 Å². The normalized spacial score (nSPS) is 9.95. The molecule has 0 saturated heterocycles. The number of rotatable bonds is 4. The first-order valence-corrected chi connectivity index (χ1v) is 6.51. The third-order valence-corrected chi connectivity index (χ3v) is 3.01. The molecule has 0 aliphatic carbocycles. The van der Waals surface area contributed by atoms with Crippen molar-refractivity contribution in [3.05, 3.63) is 64.7 Å². The Hall–Kier alpha value is -2.53. The van der Waals surface area contributed by atoms with Gasteiger partial charge < -0.3 is 10.5 Å². The number of ether oxygens (including phenoxy) is 1. The van der Waals surface area contributed by atoms with Crippen LogP contribution in [0, 0.1) is 0 Å². The van der Waals surface area contributed by atoms with Gasteiger partial charge in [-0.05, 0) is 23.8 Å². The average Bonchev–Trinajstić information content (AvgIpc) is 2.46. The first-order valence-electron chi connectivity index (χ1n) is 6.13. The molecule has 0 aromatic heterocycles. The molecule has 5 nitrogen and oxygen atoms in total. The van der Waals surface area contributed by atoms with Crippen LogP contribution in [0.25, 0.3) is 0 Å². The van der Waals surface area contributed by atoms with Gasteiger partial charge in [0, 0.05) is 5.69 Å². The fraction of sp³-hybridized carbons (Fsp3) is 0.0667. The van der Waals surface area contributed by atoms with Crippen LogP contribution in [0.4, 0.5) is 10.5 Å². The molecule has 0 heterocycles. The van der Waals surface area contributed by atoms with Crippen molar-refractivity contribution in [2.24, 2.45) is 5.73 Å². The standard InChI is InChI=1S/C15H13ClN2O3/c16-13-8-11(6-7-12(13)14(17)19)18-15(20)21-9-10-4-2-1-3-5-10/h1-8H,9H2,(H2,17,19)(H,18,20). The van der Waals surface area contributed by atoms with Crippen molar-refractivity contribution >= 4 is 29.3 Å². The van der Waals surface area contributed by atoms with Crippen molar-refractivity contribution in [1.29, 1.82) is 0 Å². The summed E-state index contributed by atoms with van der Waals surface area (Å²) in [6.45, 7) is 0.166. The smallest absolute Gasteiger partial charge is 0.411 e. The van der Waals surface area contributed by atoms with Gasteiger partial charge in [-0.3, -0.25) is 10.1 Å². The van der Waals surface area contributed by atoms with Gasteiger partial charge in [-0.2, -0.15) is 0 Å². The maximum atomic E-state index is 11.6. The molecule has 0 aliphatic heterocycles. The van der Waals surface area contributed by atoms with E-state index in [1.165, 1.54) is 18.2 Å². The molecule has 21 heavy (non-hydrogen) atoms. The molecule has 0 saturated carbocycles. The lowest BCUT2D eigenvalue weighted by Crippen LogP contribution is -2.15. The number of primary amides is 1. The zero-order chi connectivity index (χ0) is 15.2. The highest BCUT2D eigenvalue weighted by Crippen LogP contribution is 2.20. The van der Waals surface area contributed by atoms with Crippen molar-refractivity contribution in [2.75, 3.05) is 5.32 Å². The van der Waals surface area contributed by atoms with Gasteiger partial charge in [0.05, 0.1) is 10.6 Å². The SMILES string of the molecule is NC(=O)c1ccc(NC(=O)OCc2ccccc2)cc1Cl. The molecule has 0 fully saturated rings. The lowest BCUT2D eigenvalue weighted by molar-refractivity contribution is 0.100. The molecule has 108 valence electrons. The third-order valence-electron chi connectivity index (χ3n) is 2.69. The number of hydrogen-bond donors (Lipinski definition) is 2. The second-order valence-electron chi connectivity index (χ2n) is 4.25. The van der Waals surface area contributed by atoms with Crippen molar-refractivity contribution < 1.29 is 14.3 Å². The van der Waals surface area contributed by atoms with Gasteiger partial charge >= 0.3 is 6.09 Å². The summed E-state index contributed by atoms with van der Waals surface area (Å²) >= 11 is 5.89. The first-order chi connectivity index (χ1) is 10.1. The number of carbonyl (C=O) groups is 2. The number of carbonyl (C=O) groups excluding carboxylic acids is 2. The number of nitrogens with one attached hydrogen (secondary N) is 1. The molecule has 2 amide bonds. The van der Waals surface area contributed by atoms with Crippen LogP contribution in [0.3, 0.4) is 0 Å². The molecule has 0 radical (unpaired) electrons. The first kappa shape index (κ1) is 14.9. The minimum atomic E-state index is -0.627. The molecule has 0 spiro atoms. The van der Waals surface area contributed by atoms with Crippen molar-refractivity contribution in [1.82, 2.24) is 0 Å². The van der Waals surface area contributed by atoms with Gasteiger partial charge in [0.25, 0.3) is 0 Å². The van der Waals surface area contributed by atoms with Gasteiger partial charge in [0.15, 0.2) is 0 Å². The van der Waals surface area contributed by atoms with E-state index in [-0.39, 0.29) is 17.2 Å². The van der Waals surface area contributed by atoms with Gasteiger partial charge in [-0.15, -0.1) is 0 Å². The lowest BCUT2D eigenvalue weighted by Gasteiger charge is -2.08. The summed E-state index contributed by atoms with van der Waals surface area (Å²) in [5, 5.41) is 2.69. The fourth-order valence-corrected chi connectivity index (χ4v) is 1.94. The molecule has 3 N–H and O–H groups in total. The van der Waals surface area contributed by atoms with E-state index in [1.807, 2.05) is 30.3 Å². The predicted octanol–water partition coefficient (Wildman–Crippen LogP) is 3.19. The monoisotopic (exact) mass is 304 g/mol. The van der Waals surface area contributed by atoms with Gasteiger partial charge in [-0.1, -0.05) is 41.9 Å². The summed E-state index contributed by atoms with van der Waals surface area (Å²) in [4.78, 5) is 22.7. The fourth-order valence-electron chi connectivity index (χ4n) is 1.67. The van der Waals surface area contributed by atoms with E-state index in [2.05, 4.69) is 5.32 Å². The molecule has 2 aromatic carbocycles. The zero-order valence-electron chi connectivity index (χ0n) is 11.0. The molecule has 0 unspecified atom stereocenters. The van der Waals surface area contributed by atoms with E-state index in [0.29, 0.717) is 5.69 Å². The molecule has 0 aliphatic rings. The summed E-state index contributed by atoms with van der Waals surface area (Å²) in [6, 6.07) is 13.7. The Kier molecular flexibility index (Phi) is 4.79. The summed E-state index contributed by atoms with van der Waals surface area (Å²) in [7, 11) is 0. The quantitative estimate of drug-likeness (QED) is 0.910. The summed E-state index contributed by atoms with van der Waals surface area (Å²) < 4.78 is 5.06. The molecule has 2 aromatic rings. The predicted molar refractivity (Wildman–Crippen MR) is 80.2 cm³/mol. The Morgan fingerprint density at radius 3 is 2.48 bits per heavy atom. The molecule has 2 rings (SSSR count). The lowest BCUT2D eigenvalue weighted by atomic mass is 10.2. The highest BCUT2D eigenvalue weighted by molar-refractivity contribution is 6.34.